The van der Waals surface area contributed by atoms with Crippen LogP contribution in [0.25, 0.3) is 10.6 Å². The molecule has 1 N–H and O–H groups in total. The number of anilines is 2. The summed E-state index contributed by atoms with van der Waals surface area (Å²) in [5.74, 6) is 0.408. The number of carbonyl (C=O) groups is 1. The van der Waals surface area contributed by atoms with E-state index in [1.807, 2.05) is 29.6 Å². The highest BCUT2D eigenvalue weighted by Gasteiger charge is 2.31. The number of piperazine rings is 1. The van der Waals surface area contributed by atoms with Crippen LogP contribution in [0.1, 0.15) is 0 Å². The first-order valence-corrected chi connectivity index (χ1v) is 10.3. The lowest BCUT2D eigenvalue weighted by atomic mass is 10.3. The van der Waals surface area contributed by atoms with Crippen molar-refractivity contribution in [3.05, 3.63) is 53.9 Å². The van der Waals surface area contributed by atoms with Crippen molar-refractivity contribution >= 4 is 28.9 Å². The van der Waals surface area contributed by atoms with Gasteiger partial charge in [-0.15, -0.1) is 34.7 Å². The van der Waals surface area contributed by atoms with Crippen LogP contribution in [0.5, 0.6) is 5.75 Å². The molecule has 0 bridgehead atoms. The highest BCUT2D eigenvalue weighted by atomic mass is 32.1. The Labute approximate surface area is 180 Å². The standard InChI is InChI=1S/C20H18F3N5O2S/c21-20(22,23)30-15-5-3-14(4-6-15)24-19(29)28-11-9-27(10-12-28)18-8-7-16(25-26-18)17-2-1-13-31-17/h1-8,13H,9-12H2,(H,24,29). The lowest BCUT2D eigenvalue weighted by Crippen LogP contribution is -2.50. The Morgan fingerprint density at radius 2 is 1.74 bits per heavy atom. The van der Waals surface area contributed by atoms with Gasteiger partial charge in [-0.3, -0.25) is 0 Å². The molecule has 0 unspecified atom stereocenters. The van der Waals surface area contributed by atoms with Gasteiger partial charge in [0.25, 0.3) is 0 Å². The van der Waals surface area contributed by atoms with Gasteiger partial charge < -0.3 is 19.9 Å². The van der Waals surface area contributed by atoms with Crippen molar-refractivity contribution in [2.75, 3.05) is 36.4 Å². The maximum Gasteiger partial charge on any atom is 0.573 e. The van der Waals surface area contributed by atoms with E-state index in [0.29, 0.717) is 31.9 Å². The zero-order chi connectivity index (χ0) is 21.8. The summed E-state index contributed by atoms with van der Waals surface area (Å²) in [6, 6.07) is 12.5. The summed E-state index contributed by atoms with van der Waals surface area (Å²) in [5.41, 5.74) is 1.21. The Bertz CT molecular complexity index is 1000. The molecule has 4 rings (SSSR count). The number of hydrogen-bond acceptors (Lipinski definition) is 6. The van der Waals surface area contributed by atoms with Crippen molar-refractivity contribution < 1.29 is 22.7 Å². The molecule has 3 aromatic rings. The third-order valence-corrected chi connectivity index (χ3v) is 5.55. The van der Waals surface area contributed by atoms with Gasteiger partial charge in [0.2, 0.25) is 0 Å². The molecule has 31 heavy (non-hydrogen) atoms. The first-order chi connectivity index (χ1) is 14.9. The summed E-state index contributed by atoms with van der Waals surface area (Å²) in [7, 11) is 0. The zero-order valence-electron chi connectivity index (χ0n) is 16.2. The number of alkyl halides is 3. The van der Waals surface area contributed by atoms with Crippen LogP contribution >= 0.6 is 11.3 Å². The highest BCUT2D eigenvalue weighted by molar-refractivity contribution is 7.13. The monoisotopic (exact) mass is 449 g/mol. The Balaban J connectivity index is 1.29. The minimum atomic E-state index is -4.75. The third kappa shape index (κ3) is 5.43. The first-order valence-electron chi connectivity index (χ1n) is 9.42. The summed E-state index contributed by atoms with van der Waals surface area (Å²) in [6.45, 7) is 2.16. The number of rotatable bonds is 4. The largest absolute Gasteiger partial charge is 0.573 e. The molecule has 162 valence electrons. The number of hydrogen-bond donors (Lipinski definition) is 1. The van der Waals surface area contributed by atoms with E-state index in [0.717, 1.165) is 28.5 Å². The molecule has 1 aliphatic rings. The molecule has 0 saturated carbocycles. The van der Waals surface area contributed by atoms with Gasteiger partial charge in [-0.1, -0.05) is 6.07 Å². The second-order valence-electron chi connectivity index (χ2n) is 6.73. The predicted octanol–water partition coefficient (Wildman–Crippen LogP) is 4.46. The molecule has 1 fully saturated rings. The number of amides is 2. The summed E-state index contributed by atoms with van der Waals surface area (Å²) in [5, 5.41) is 13.3. The predicted molar refractivity (Wildman–Crippen MR) is 111 cm³/mol. The van der Waals surface area contributed by atoms with Crippen LogP contribution in [0.3, 0.4) is 0 Å². The molecule has 0 aliphatic carbocycles. The molecular formula is C20H18F3N5O2S. The summed E-state index contributed by atoms with van der Waals surface area (Å²) < 4.78 is 40.5. The highest BCUT2D eigenvalue weighted by Crippen LogP contribution is 2.25. The van der Waals surface area contributed by atoms with E-state index in [9.17, 15) is 18.0 Å². The van der Waals surface area contributed by atoms with Crippen molar-refractivity contribution in [1.82, 2.24) is 15.1 Å². The number of aromatic nitrogens is 2. The molecular weight excluding hydrogens is 431 g/mol. The van der Waals surface area contributed by atoms with Gasteiger partial charge in [-0.05, 0) is 47.8 Å². The van der Waals surface area contributed by atoms with Gasteiger partial charge in [0.15, 0.2) is 5.82 Å². The third-order valence-electron chi connectivity index (χ3n) is 4.65. The average molecular weight is 449 g/mol. The summed E-state index contributed by atoms with van der Waals surface area (Å²) in [6.07, 6.45) is -4.75. The number of nitrogens with one attached hydrogen (secondary N) is 1. The first kappa shape index (κ1) is 20.9. The second-order valence-corrected chi connectivity index (χ2v) is 7.68. The Morgan fingerprint density at radius 1 is 1.00 bits per heavy atom. The number of nitrogens with zero attached hydrogens (tertiary/aromatic N) is 4. The number of urea groups is 1. The molecule has 0 spiro atoms. The van der Waals surface area contributed by atoms with E-state index in [1.54, 1.807) is 16.2 Å². The van der Waals surface area contributed by atoms with E-state index in [2.05, 4.69) is 25.2 Å². The molecule has 0 atom stereocenters. The fraction of sp³-hybridized carbons (Fsp3) is 0.250. The molecule has 7 nitrogen and oxygen atoms in total. The van der Waals surface area contributed by atoms with Crippen LogP contribution in [-0.4, -0.2) is 53.7 Å². The van der Waals surface area contributed by atoms with E-state index >= 15 is 0 Å². The minimum Gasteiger partial charge on any atom is -0.406 e. The fourth-order valence-electron chi connectivity index (χ4n) is 3.13. The summed E-state index contributed by atoms with van der Waals surface area (Å²) in [4.78, 5) is 17.2. The van der Waals surface area contributed by atoms with Crippen LogP contribution in [0, 0.1) is 0 Å². The maximum atomic E-state index is 12.5. The Morgan fingerprint density at radius 3 is 2.32 bits per heavy atom. The van der Waals surface area contributed by atoms with E-state index < -0.39 is 6.36 Å². The van der Waals surface area contributed by atoms with E-state index in [1.165, 1.54) is 12.1 Å². The van der Waals surface area contributed by atoms with Crippen molar-refractivity contribution in [3.8, 4) is 16.3 Å². The van der Waals surface area contributed by atoms with Crippen molar-refractivity contribution in [2.45, 2.75) is 6.36 Å². The average Bonchev–Trinajstić information content (AvgIpc) is 3.29. The Hall–Kier alpha value is -3.34. The number of benzene rings is 1. The second kappa shape index (κ2) is 8.80. The molecule has 1 saturated heterocycles. The fourth-order valence-corrected chi connectivity index (χ4v) is 3.82. The molecule has 2 aromatic heterocycles. The van der Waals surface area contributed by atoms with Gasteiger partial charge in [0.1, 0.15) is 11.4 Å². The van der Waals surface area contributed by atoms with Gasteiger partial charge in [0, 0.05) is 31.9 Å². The maximum absolute atomic E-state index is 12.5. The lowest BCUT2D eigenvalue weighted by molar-refractivity contribution is -0.274. The van der Waals surface area contributed by atoms with Gasteiger partial charge in [0.05, 0.1) is 4.88 Å². The molecule has 11 heteroatoms. The quantitative estimate of drug-likeness (QED) is 0.637. The van der Waals surface area contributed by atoms with Crippen LogP contribution in [0.15, 0.2) is 53.9 Å². The number of thiophene rings is 1. The van der Waals surface area contributed by atoms with Crippen molar-refractivity contribution in [1.29, 1.82) is 0 Å². The number of ether oxygens (including phenoxy) is 1. The van der Waals surface area contributed by atoms with Gasteiger partial charge in [-0.25, -0.2) is 4.79 Å². The SMILES string of the molecule is O=C(Nc1ccc(OC(F)(F)F)cc1)N1CCN(c2ccc(-c3cccs3)nn2)CC1. The smallest absolute Gasteiger partial charge is 0.406 e. The van der Waals surface area contributed by atoms with Gasteiger partial charge >= 0.3 is 12.4 Å². The number of carbonyl (C=O) groups excluding carboxylic acids is 1. The summed E-state index contributed by atoms with van der Waals surface area (Å²) >= 11 is 1.60. The molecule has 3 heterocycles. The topological polar surface area (TPSA) is 70.6 Å². The van der Waals surface area contributed by atoms with Crippen LogP contribution < -0.4 is 15.0 Å². The van der Waals surface area contributed by atoms with Crippen LogP contribution in [0.4, 0.5) is 29.5 Å². The van der Waals surface area contributed by atoms with Crippen molar-refractivity contribution in [3.63, 3.8) is 0 Å². The molecule has 1 aliphatic heterocycles. The van der Waals surface area contributed by atoms with Gasteiger partial charge in [-0.2, -0.15) is 0 Å². The van der Waals surface area contributed by atoms with Crippen LogP contribution in [0.2, 0.25) is 0 Å². The molecule has 1 aromatic carbocycles. The van der Waals surface area contributed by atoms with Crippen molar-refractivity contribution in [2.24, 2.45) is 0 Å². The lowest BCUT2D eigenvalue weighted by Gasteiger charge is -2.35. The minimum absolute atomic E-state index is 0.316. The normalized spacial score (nSPS) is 14.4. The van der Waals surface area contributed by atoms with E-state index in [4.69, 9.17) is 0 Å². The molecule has 2 amide bonds. The Kier molecular flexibility index (Phi) is 5.94. The molecule has 0 radical (unpaired) electrons. The zero-order valence-corrected chi connectivity index (χ0v) is 17.0. The van der Waals surface area contributed by atoms with Crippen LogP contribution in [-0.2, 0) is 0 Å². The van der Waals surface area contributed by atoms with E-state index in [-0.39, 0.29) is 11.8 Å². The number of halogens is 3.